The maximum absolute atomic E-state index is 12.8. The molecule has 0 atom stereocenters. The molecule has 0 spiro atoms. The molecule has 162 valence electrons. The van der Waals surface area contributed by atoms with Crippen molar-refractivity contribution in [3.05, 3.63) is 94.6 Å². The number of rotatable bonds is 6. The minimum Gasteiger partial charge on any atom is -0.493 e. The standard InChI is InChI=1S/C21H16N4O6S/c1-30-16-7-6-13(10-17(16)31-2)9-15-19(26)22-21-24(23-15)20(27)18(32-21)11-12-4-3-5-14(8-12)25(28)29/h3-8,10-11H,9H2,1-2H3/b18-11-. The van der Waals surface area contributed by atoms with E-state index < -0.39 is 16.0 Å². The summed E-state index contributed by atoms with van der Waals surface area (Å²) in [6.45, 7) is 0. The molecule has 0 aliphatic heterocycles. The molecule has 0 saturated carbocycles. The summed E-state index contributed by atoms with van der Waals surface area (Å²) in [5.41, 5.74) is 0.235. The van der Waals surface area contributed by atoms with Crippen molar-refractivity contribution in [1.82, 2.24) is 14.6 Å². The van der Waals surface area contributed by atoms with Crippen LogP contribution in [0.15, 0.2) is 52.1 Å². The van der Waals surface area contributed by atoms with E-state index in [2.05, 4.69) is 10.1 Å². The van der Waals surface area contributed by atoms with Crippen LogP contribution in [0, 0.1) is 10.1 Å². The third kappa shape index (κ3) is 4.05. The van der Waals surface area contributed by atoms with Crippen LogP contribution in [0.2, 0.25) is 0 Å². The number of nitrogens with zero attached hydrogens (tertiary/aromatic N) is 4. The van der Waals surface area contributed by atoms with Crippen LogP contribution in [-0.2, 0) is 6.42 Å². The second kappa shape index (κ2) is 8.55. The minimum absolute atomic E-state index is 0.0877. The van der Waals surface area contributed by atoms with Crippen molar-refractivity contribution in [1.29, 1.82) is 0 Å². The largest absolute Gasteiger partial charge is 0.493 e. The van der Waals surface area contributed by atoms with Crippen LogP contribution in [0.25, 0.3) is 11.0 Å². The Labute approximate surface area is 184 Å². The molecule has 0 unspecified atom stereocenters. The predicted molar refractivity (Wildman–Crippen MR) is 118 cm³/mol. The molecular formula is C21H16N4O6S. The maximum Gasteiger partial charge on any atom is 0.296 e. The van der Waals surface area contributed by atoms with Crippen LogP contribution in [-0.4, -0.2) is 33.7 Å². The molecule has 0 fully saturated rings. The molecule has 0 N–H and O–H groups in total. The molecule has 0 bridgehead atoms. The number of ether oxygens (including phenoxy) is 2. The zero-order chi connectivity index (χ0) is 22.8. The van der Waals surface area contributed by atoms with Gasteiger partial charge >= 0.3 is 0 Å². The minimum atomic E-state index is -0.539. The Morgan fingerprint density at radius 1 is 1.12 bits per heavy atom. The molecule has 0 aliphatic rings. The van der Waals surface area contributed by atoms with Gasteiger partial charge < -0.3 is 9.47 Å². The normalized spacial score (nSPS) is 11.6. The van der Waals surface area contributed by atoms with Crippen molar-refractivity contribution < 1.29 is 14.4 Å². The highest BCUT2D eigenvalue weighted by Gasteiger charge is 2.13. The molecule has 2 heterocycles. The summed E-state index contributed by atoms with van der Waals surface area (Å²) in [5.74, 6) is 1.06. The predicted octanol–water partition coefficient (Wildman–Crippen LogP) is 1.58. The summed E-state index contributed by atoms with van der Waals surface area (Å²) in [6.07, 6.45) is 1.66. The molecule has 10 nitrogen and oxygen atoms in total. The van der Waals surface area contributed by atoms with E-state index in [4.69, 9.17) is 9.47 Å². The van der Waals surface area contributed by atoms with E-state index in [1.54, 1.807) is 24.3 Å². The zero-order valence-corrected chi connectivity index (χ0v) is 17.8. The average molecular weight is 452 g/mol. The van der Waals surface area contributed by atoms with Gasteiger partial charge in [0, 0.05) is 18.6 Å². The number of benzene rings is 2. The summed E-state index contributed by atoms with van der Waals surface area (Å²) in [7, 11) is 3.04. The highest BCUT2D eigenvalue weighted by molar-refractivity contribution is 7.15. The van der Waals surface area contributed by atoms with Crippen LogP contribution in [0.4, 0.5) is 5.69 Å². The number of hydrogen-bond acceptors (Lipinski definition) is 9. The molecule has 11 heteroatoms. The molecule has 2 aromatic heterocycles. The molecule has 0 amide bonds. The van der Waals surface area contributed by atoms with E-state index >= 15 is 0 Å². The summed E-state index contributed by atoms with van der Waals surface area (Å²) >= 11 is 0.988. The van der Waals surface area contributed by atoms with Crippen LogP contribution < -0.4 is 25.1 Å². The summed E-state index contributed by atoms with van der Waals surface area (Å²) in [6, 6.07) is 11.1. The molecule has 0 radical (unpaired) electrons. The van der Waals surface area contributed by atoms with Crippen LogP contribution >= 0.6 is 11.3 Å². The Bertz CT molecular complexity index is 1510. The SMILES string of the molecule is COc1ccc(Cc2nn3c(=O)/c(=C/c4cccc([N+](=O)[O-])c4)sc3nc2=O)cc1OC. The number of methoxy groups -OCH3 is 2. The monoisotopic (exact) mass is 452 g/mol. The van der Waals surface area contributed by atoms with Gasteiger partial charge in [-0.15, -0.1) is 0 Å². The summed E-state index contributed by atoms with van der Waals surface area (Å²) in [4.78, 5) is 39.9. The summed E-state index contributed by atoms with van der Waals surface area (Å²) < 4.78 is 11.8. The lowest BCUT2D eigenvalue weighted by molar-refractivity contribution is -0.384. The van der Waals surface area contributed by atoms with Gasteiger partial charge in [-0.25, -0.2) is 0 Å². The quantitative estimate of drug-likeness (QED) is 0.319. The fraction of sp³-hybridized carbons (Fsp3) is 0.143. The van der Waals surface area contributed by atoms with Crippen LogP contribution in [0.5, 0.6) is 11.5 Å². The van der Waals surface area contributed by atoms with E-state index in [0.29, 0.717) is 17.1 Å². The number of nitro benzene ring substituents is 1. The van der Waals surface area contributed by atoms with Crippen molar-refractivity contribution >= 4 is 28.1 Å². The van der Waals surface area contributed by atoms with E-state index in [9.17, 15) is 19.7 Å². The zero-order valence-electron chi connectivity index (χ0n) is 17.0. The van der Waals surface area contributed by atoms with Gasteiger partial charge in [0.2, 0.25) is 4.96 Å². The molecule has 2 aromatic carbocycles. The first kappa shape index (κ1) is 21.1. The highest BCUT2D eigenvalue weighted by Crippen LogP contribution is 2.28. The van der Waals surface area contributed by atoms with Gasteiger partial charge in [0.1, 0.15) is 5.69 Å². The summed E-state index contributed by atoms with van der Waals surface area (Å²) in [5, 5.41) is 15.2. The van der Waals surface area contributed by atoms with E-state index in [1.165, 1.54) is 38.5 Å². The number of non-ortho nitro benzene ring substituents is 1. The Hall–Kier alpha value is -4.12. The molecular weight excluding hydrogens is 436 g/mol. The second-order valence-electron chi connectivity index (χ2n) is 6.69. The Kier molecular flexibility index (Phi) is 5.65. The van der Waals surface area contributed by atoms with Crippen molar-refractivity contribution in [2.24, 2.45) is 0 Å². The number of hydrogen-bond donors (Lipinski definition) is 0. The molecule has 4 aromatic rings. The number of thiazole rings is 1. The van der Waals surface area contributed by atoms with Gasteiger partial charge in [0.05, 0.1) is 23.7 Å². The van der Waals surface area contributed by atoms with Gasteiger partial charge in [0.25, 0.3) is 16.8 Å². The first-order valence-electron chi connectivity index (χ1n) is 9.29. The Balaban J connectivity index is 1.76. The van der Waals surface area contributed by atoms with Crippen molar-refractivity contribution in [2.45, 2.75) is 6.42 Å². The lowest BCUT2D eigenvalue weighted by Crippen LogP contribution is -2.28. The third-order valence-electron chi connectivity index (χ3n) is 4.65. The lowest BCUT2D eigenvalue weighted by atomic mass is 10.1. The van der Waals surface area contributed by atoms with E-state index in [1.807, 2.05) is 0 Å². The van der Waals surface area contributed by atoms with Gasteiger partial charge in [-0.1, -0.05) is 29.5 Å². The molecule has 4 rings (SSSR count). The van der Waals surface area contributed by atoms with Crippen molar-refractivity contribution in [2.75, 3.05) is 14.2 Å². The van der Waals surface area contributed by atoms with E-state index in [0.717, 1.165) is 21.4 Å². The first-order valence-corrected chi connectivity index (χ1v) is 10.1. The molecule has 32 heavy (non-hydrogen) atoms. The fourth-order valence-corrected chi connectivity index (χ4v) is 4.02. The number of aromatic nitrogens is 3. The number of nitro groups is 1. The number of fused-ring (bicyclic) bond motifs is 1. The van der Waals surface area contributed by atoms with Crippen LogP contribution in [0.1, 0.15) is 16.8 Å². The highest BCUT2D eigenvalue weighted by atomic mass is 32.1. The lowest BCUT2D eigenvalue weighted by Gasteiger charge is -2.09. The van der Waals surface area contributed by atoms with Gasteiger partial charge in [-0.2, -0.15) is 14.6 Å². The Morgan fingerprint density at radius 3 is 2.62 bits per heavy atom. The average Bonchev–Trinajstić information content (AvgIpc) is 3.08. The van der Waals surface area contributed by atoms with E-state index in [-0.39, 0.29) is 27.3 Å². The second-order valence-corrected chi connectivity index (χ2v) is 7.70. The Morgan fingerprint density at radius 2 is 1.91 bits per heavy atom. The smallest absolute Gasteiger partial charge is 0.296 e. The van der Waals surface area contributed by atoms with Crippen LogP contribution in [0.3, 0.4) is 0 Å². The van der Waals surface area contributed by atoms with Crippen molar-refractivity contribution in [3.63, 3.8) is 0 Å². The first-order chi connectivity index (χ1) is 15.4. The fourth-order valence-electron chi connectivity index (χ4n) is 3.12. The topological polar surface area (TPSA) is 126 Å². The maximum atomic E-state index is 12.8. The van der Waals surface area contributed by atoms with Gasteiger partial charge in [0.15, 0.2) is 11.5 Å². The van der Waals surface area contributed by atoms with Gasteiger partial charge in [-0.3, -0.25) is 19.7 Å². The van der Waals surface area contributed by atoms with Crippen molar-refractivity contribution in [3.8, 4) is 11.5 Å². The molecule has 0 saturated heterocycles. The van der Waals surface area contributed by atoms with Gasteiger partial charge in [-0.05, 0) is 29.3 Å². The third-order valence-corrected chi connectivity index (χ3v) is 5.61. The molecule has 0 aliphatic carbocycles.